The average molecular weight is 468 g/mol. The number of benzene rings is 3. The molecular formula is C23H21N3O6S. The highest BCUT2D eigenvalue weighted by atomic mass is 32.2. The lowest BCUT2D eigenvalue weighted by molar-refractivity contribution is -0.133. The predicted molar refractivity (Wildman–Crippen MR) is 119 cm³/mol. The highest BCUT2D eigenvalue weighted by Gasteiger charge is 2.39. The maximum absolute atomic E-state index is 13.5. The second-order valence-electron chi connectivity index (χ2n) is 7.51. The van der Waals surface area contributed by atoms with Gasteiger partial charge in [0.15, 0.2) is 0 Å². The Balaban J connectivity index is 1.66. The SMILES string of the molecule is O=C(Nc1cccc(S(=O)(=O)N2Cc3ccccc3C[C@@H]2C(=O)NO)c1)c1ccccc1O. The van der Waals surface area contributed by atoms with Crippen LogP contribution in [0.1, 0.15) is 21.5 Å². The van der Waals surface area contributed by atoms with E-state index in [1.165, 1.54) is 36.4 Å². The third kappa shape index (κ3) is 4.44. The summed E-state index contributed by atoms with van der Waals surface area (Å²) in [7, 11) is -4.18. The highest BCUT2D eigenvalue weighted by molar-refractivity contribution is 7.89. The lowest BCUT2D eigenvalue weighted by Crippen LogP contribution is -2.51. The minimum absolute atomic E-state index is 0.0399. The van der Waals surface area contributed by atoms with E-state index in [4.69, 9.17) is 0 Å². The van der Waals surface area contributed by atoms with Crippen LogP contribution in [0.3, 0.4) is 0 Å². The topological polar surface area (TPSA) is 136 Å². The number of sulfonamides is 1. The van der Waals surface area contributed by atoms with E-state index in [1.54, 1.807) is 35.8 Å². The summed E-state index contributed by atoms with van der Waals surface area (Å²) in [5, 5.41) is 21.6. The number of phenols is 1. The molecule has 3 aromatic carbocycles. The number of carbonyl (C=O) groups excluding carboxylic acids is 2. The van der Waals surface area contributed by atoms with Crippen molar-refractivity contribution in [2.75, 3.05) is 5.32 Å². The van der Waals surface area contributed by atoms with Crippen LogP contribution in [0.25, 0.3) is 0 Å². The molecule has 1 heterocycles. The van der Waals surface area contributed by atoms with Crippen LogP contribution in [0.15, 0.2) is 77.7 Å². The average Bonchev–Trinajstić information content (AvgIpc) is 2.83. The second-order valence-corrected chi connectivity index (χ2v) is 9.40. The predicted octanol–water partition coefficient (Wildman–Crippen LogP) is 2.27. The molecule has 0 saturated heterocycles. The van der Waals surface area contributed by atoms with Gasteiger partial charge in [0.25, 0.3) is 11.8 Å². The van der Waals surface area contributed by atoms with Gasteiger partial charge in [0.2, 0.25) is 10.0 Å². The van der Waals surface area contributed by atoms with Gasteiger partial charge in [0, 0.05) is 12.2 Å². The first-order valence-electron chi connectivity index (χ1n) is 10.0. The zero-order valence-corrected chi connectivity index (χ0v) is 18.1. The van der Waals surface area contributed by atoms with Crippen LogP contribution < -0.4 is 10.8 Å². The molecule has 4 rings (SSSR count). The summed E-state index contributed by atoms with van der Waals surface area (Å²) in [5.41, 5.74) is 3.37. The van der Waals surface area contributed by atoms with Crippen molar-refractivity contribution in [1.29, 1.82) is 0 Å². The number of anilines is 1. The lowest BCUT2D eigenvalue weighted by Gasteiger charge is -2.34. The number of aromatic hydroxyl groups is 1. The fourth-order valence-electron chi connectivity index (χ4n) is 3.78. The number of para-hydroxylation sites is 1. The summed E-state index contributed by atoms with van der Waals surface area (Å²) < 4.78 is 28.0. The van der Waals surface area contributed by atoms with Gasteiger partial charge in [-0.3, -0.25) is 14.8 Å². The molecule has 3 aromatic rings. The van der Waals surface area contributed by atoms with E-state index in [9.17, 15) is 28.3 Å². The Hall–Kier alpha value is -3.73. The van der Waals surface area contributed by atoms with Gasteiger partial charge in [-0.05, 0) is 47.9 Å². The van der Waals surface area contributed by atoms with Crippen LogP contribution in [0.4, 0.5) is 5.69 Å². The largest absolute Gasteiger partial charge is 0.507 e. The van der Waals surface area contributed by atoms with Crippen molar-refractivity contribution in [2.45, 2.75) is 23.9 Å². The van der Waals surface area contributed by atoms with Gasteiger partial charge in [-0.25, -0.2) is 13.9 Å². The Kier molecular flexibility index (Phi) is 6.14. The summed E-state index contributed by atoms with van der Waals surface area (Å²) >= 11 is 0. The van der Waals surface area contributed by atoms with Crippen molar-refractivity contribution in [3.05, 3.63) is 89.5 Å². The first-order valence-corrected chi connectivity index (χ1v) is 11.5. The van der Waals surface area contributed by atoms with E-state index < -0.39 is 27.9 Å². The molecule has 0 unspecified atom stereocenters. The van der Waals surface area contributed by atoms with Gasteiger partial charge in [0.1, 0.15) is 11.8 Å². The van der Waals surface area contributed by atoms with E-state index in [0.717, 1.165) is 15.4 Å². The van der Waals surface area contributed by atoms with E-state index >= 15 is 0 Å². The quantitative estimate of drug-likeness (QED) is 0.336. The number of hydroxylamine groups is 1. The Morgan fingerprint density at radius 3 is 2.36 bits per heavy atom. The van der Waals surface area contributed by atoms with Crippen LogP contribution in [-0.4, -0.2) is 40.9 Å². The molecule has 0 fully saturated rings. The number of fused-ring (bicyclic) bond motifs is 1. The number of carbonyl (C=O) groups is 2. The van der Waals surface area contributed by atoms with Crippen LogP contribution in [0.2, 0.25) is 0 Å². The Labute approximate surface area is 190 Å². The second kappa shape index (κ2) is 9.02. The minimum atomic E-state index is -4.18. The molecular weight excluding hydrogens is 446 g/mol. The third-order valence-corrected chi connectivity index (χ3v) is 7.32. The van der Waals surface area contributed by atoms with Gasteiger partial charge < -0.3 is 10.4 Å². The Morgan fingerprint density at radius 1 is 0.939 bits per heavy atom. The molecule has 0 radical (unpaired) electrons. The van der Waals surface area contributed by atoms with Gasteiger partial charge >= 0.3 is 0 Å². The van der Waals surface area contributed by atoms with Gasteiger partial charge in [-0.1, -0.05) is 42.5 Å². The van der Waals surface area contributed by atoms with Crippen molar-refractivity contribution < 1.29 is 28.3 Å². The van der Waals surface area contributed by atoms with E-state index in [1.807, 2.05) is 6.07 Å². The van der Waals surface area contributed by atoms with Gasteiger partial charge in [-0.2, -0.15) is 4.31 Å². The Bertz CT molecular complexity index is 1330. The first kappa shape index (κ1) is 22.5. The van der Waals surface area contributed by atoms with Crippen molar-refractivity contribution in [2.24, 2.45) is 0 Å². The van der Waals surface area contributed by atoms with Crippen molar-refractivity contribution in [3.63, 3.8) is 0 Å². The van der Waals surface area contributed by atoms with Crippen LogP contribution in [-0.2, 0) is 27.8 Å². The molecule has 2 amide bonds. The van der Waals surface area contributed by atoms with E-state index in [-0.39, 0.29) is 34.9 Å². The molecule has 1 atom stereocenters. The molecule has 0 aromatic heterocycles. The first-order chi connectivity index (χ1) is 15.8. The molecule has 9 nitrogen and oxygen atoms in total. The maximum atomic E-state index is 13.5. The Morgan fingerprint density at radius 2 is 1.64 bits per heavy atom. The molecule has 1 aliphatic rings. The zero-order chi connectivity index (χ0) is 23.6. The third-order valence-electron chi connectivity index (χ3n) is 5.47. The summed E-state index contributed by atoms with van der Waals surface area (Å²) in [5.74, 6) is -1.65. The fraction of sp³-hybridized carbons (Fsp3) is 0.130. The number of rotatable bonds is 5. The number of hydrogen-bond acceptors (Lipinski definition) is 6. The van der Waals surface area contributed by atoms with Gasteiger partial charge in [-0.15, -0.1) is 0 Å². The fourth-order valence-corrected chi connectivity index (χ4v) is 5.39. The molecule has 4 N–H and O–H groups in total. The highest BCUT2D eigenvalue weighted by Crippen LogP contribution is 2.30. The molecule has 0 saturated carbocycles. The number of amides is 2. The number of nitrogens with one attached hydrogen (secondary N) is 2. The van der Waals surface area contributed by atoms with Crippen LogP contribution >= 0.6 is 0 Å². The summed E-state index contributed by atoms with van der Waals surface area (Å²) in [6, 6.07) is 17.6. The molecule has 170 valence electrons. The maximum Gasteiger partial charge on any atom is 0.262 e. The number of hydrogen-bond donors (Lipinski definition) is 4. The molecule has 0 bridgehead atoms. The van der Waals surface area contributed by atoms with Crippen LogP contribution in [0.5, 0.6) is 5.75 Å². The smallest absolute Gasteiger partial charge is 0.262 e. The van der Waals surface area contributed by atoms with E-state index in [0.29, 0.717) is 0 Å². The summed E-state index contributed by atoms with van der Waals surface area (Å²) in [6.07, 6.45) is 0.103. The zero-order valence-electron chi connectivity index (χ0n) is 17.3. The number of phenolic OH excluding ortho intramolecular Hbond substituents is 1. The minimum Gasteiger partial charge on any atom is -0.507 e. The summed E-state index contributed by atoms with van der Waals surface area (Å²) in [6.45, 7) is -0.0505. The lowest BCUT2D eigenvalue weighted by atomic mass is 9.95. The summed E-state index contributed by atoms with van der Waals surface area (Å²) in [4.78, 5) is 24.7. The van der Waals surface area contributed by atoms with Gasteiger partial charge in [0.05, 0.1) is 10.5 Å². The molecule has 0 spiro atoms. The molecule has 1 aliphatic heterocycles. The normalized spacial score (nSPS) is 16.0. The van der Waals surface area contributed by atoms with Crippen molar-refractivity contribution in [3.8, 4) is 5.75 Å². The number of nitrogens with zero attached hydrogens (tertiary/aromatic N) is 1. The molecule has 33 heavy (non-hydrogen) atoms. The van der Waals surface area contributed by atoms with E-state index in [2.05, 4.69) is 5.32 Å². The van der Waals surface area contributed by atoms with Crippen molar-refractivity contribution in [1.82, 2.24) is 9.79 Å². The standard InChI is InChI=1S/C23H21N3O6S/c27-21-11-4-3-10-19(21)22(28)24-17-8-5-9-18(13-17)33(31,32)26-14-16-7-2-1-6-15(16)12-20(26)23(29)25-30/h1-11,13,20,27,30H,12,14H2,(H,24,28)(H,25,29)/t20-/m1/s1. The molecule has 0 aliphatic carbocycles. The van der Waals surface area contributed by atoms with Crippen LogP contribution in [0, 0.1) is 0 Å². The van der Waals surface area contributed by atoms with Crippen molar-refractivity contribution >= 4 is 27.5 Å². The monoisotopic (exact) mass is 467 g/mol. The molecule has 10 heteroatoms.